The summed E-state index contributed by atoms with van der Waals surface area (Å²) in [5.74, 6) is 1.36. The Morgan fingerprint density at radius 1 is 1.16 bits per heavy atom. The Morgan fingerprint density at radius 3 is 2.36 bits per heavy atom. The molecular weight excluding hydrogens is 431 g/mol. The SMILES string of the molecule is Cc1nn(C)c(C)c1CN=C(N)N1CCN(c2ncccn2)CC1.I. The quantitative estimate of drug-likeness (QED) is 0.423. The maximum absolute atomic E-state index is 6.19. The van der Waals surface area contributed by atoms with Gasteiger partial charge in [-0.2, -0.15) is 5.10 Å². The monoisotopic (exact) mass is 456 g/mol. The highest BCUT2D eigenvalue weighted by Crippen LogP contribution is 2.14. The third-order valence-electron chi connectivity index (χ3n) is 4.50. The molecule has 1 aliphatic heterocycles. The molecule has 1 fully saturated rings. The molecule has 2 aromatic heterocycles. The van der Waals surface area contributed by atoms with Crippen LogP contribution in [0.25, 0.3) is 0 Å². The molecule has 8 nitrogen and oxygen atoms in total. The second kappa shape index (κ2) is 8.45. The van der Waals surface area contributed by atoms with Gasteiger partial charge in [-0.3, -0.25) is 4.68 Å². The summed E-state index contributed by atoms with van der Waals surface area (Å²) in [5, 5.41) is 4.42. The first kappa shape index (κ1) is 19.4. The number of aromatic nitrogens is 4. The van der Waals surface area contributed by atoms with Crippen LogP contribution in [0.15, 0.2) is 23.5 Å². The summed E-state index contributed by atoms with van der Waals surface area (Å²) in [6.07, 6.45) is 3.53. The number of nitrogens with zero attached hydrogens (tertiary/aromatic N) is 7. The summed E-state index contributed by atoms with van der Waals surface area (Å²) in [6, 6.07) is 1.83. The zero-order valence-corrected chi connectivity index (χ0v) is 17.2. The molecule has 0 spiro atoms. The van der Waals surface area contributed by atoms with Crippen LogP contribution < -0.4 is 10.6 Å². The molecule has 0 aromatic carbocycles. The molecule has 0 atom stereocenters. The van der Waals surface area contributed by atoms with Gasteiger partial charge in [-0.05, 0) is 19.9 Å². The minimum absolute atomic E-state index is 0. The highest BCUT2D eigenvalue weighted by Gasteiger charge is 2.20. The van der Waals surface area contributed by atoms with E-state index in [9.17, 15) is 0 Å². The maximum Gasteiger partial charge on any atom is 0.225 e. The number of nitrogens with two attached hydrogens (primary N) is 1. The predicted molar refractivity (Wildman–Crippen MR) is 109 cm³/mol. The number of guanidine groups is 1. The Hall–Kier alpha value is -1.91. The van der Waals surface area contributed by atoms with Gasteiger partial charge in [-0.15, -0.1) is 24.0 Å². The summed E-state index contributed by atoms with van der Waals surface area (Å²) < 4.78 is 1.88. The Balaban J connectivity index is 0.00000225. The first-order chi connectivity index (χ1) is 11.6. The second-order valence-electron chi connectivity index (χ2n) is 5.97. The van der Waals surface area contributed by atoms with E-state index in [1.807, 2.05) is 24.7 Å². The number of hydrogen-bond acceptors (Lipinski definition) is 5. The maximum atomic E-state index is 6.19. The van der Waals surface area contributed by atoms with Gasteiger partial charge in [0.05, 0.1) is 12.2 Å². The van der Waals surface area contributed by atoms with Gasteiger partial charge in [-0.1, -0.05) is 0 Å². The summed E-state index contributed by atoms with van der Waals surface area (Å²) >= 11 is 0. The molecule has 0 saturated carbocycles. The molecular formula is C16H25IN8. The highest BCUT2D eigenvalue weighted by atomic mass is 127. The van der Waals surface area contributed by atoms with Gasteiger partial charge < -0.3 is 15.5 Å². The predicted octanol–water partition coefficient (Wildman–Crippen LogP) is 1.08. The highest BCUT2D eigenvalue weighted by molar-refractivity contribution is 14.0. The number of anilines is 1. The fraction of sp³-hybridized carbons (Fsp3) is 0.500. The molecule has 25 heavy (non-hydrogen) atoms. The van der Waals surface area contributed by atoms with Crippen LogP contribution in [-0.4, -0.2) is 56.8 Å². The van der Waals surface area contributed by atoms with Gasteiger partial charge in [0, 0.05) is 56.9 Å². The summed E-state index contributed by atoms with van der Waals surface area (Å²) in [5.41, 5.74) is 9.48. The van der Waals surface area contributed by atoms with Crippen LogP contribution in [0.3, 0.4) is 0 Å². The lowest BCUT2D eigenvalue weighted by atomic mass is 10.2. The van der Waals surface area contributed by atoms with E-state index < -0.39 is 0 Å². The minimum atomic E-state index is 0. The van der Waals surface area contributed by atoms with Crippen LogP contribution in [0, 0.1) is 13.8 Å². The van der Waals surface area contributed by atoms with Crippen molar-refractivity contribution in [3.05, 3.63) is 35.4 Å². The minimum Gasteiger partial charge on any atom is -0.370 e. The number of halogens is 1. The summed E-state index contributed by atoms with van der Waals surface area (Å²) in [7, 11) is 1.95. The molecule has 2 N–H and O–H groups in total. The number of piperazine rings is 1. The molecule has 0 bridgehead atoms. The van der Waals surface area contributed by atoms with Crippen molar-refractivity contribution in [2.45, 2.75) is 20.4 Å². The number of aliphatic imine (C=N–C) groups is 1. The first-order valence-corrected chi connectivity index (χ1v) is 8.12. The van der Waals surface area contributed by atoms with Crippen LogP contribution >= 0.6 is 24.0 Å². The van der Waals surface area contributed by atoms with E-state index in [1.54, 1.807) is 12.4 Å². The molecule has 0 radical (unpaired) electrons. The zero-order valence-electron chi connectivity index (χ0n) is 14.9. The smallest absolute Gasteiger partial charge is 0.225 e. The number of aryl methyl sites for hydroxylation is 2. The Labute approximate surface area is 165 Å². The normalized spacial score (nSPS) is 15.2. The molecule has 9 heteroatoms. The van der Waals surface area contributed by atoms with Crippen molar-refractivity contribution in [3.63, 3.8) is 0 Å². The van der Waals surface area contributed by atoms with E-state index in [0.717, 1.165) is 49.1 Å². The summed E-state index contributed by atoms with van der Waals surface area (Å²) in [4.78, 5) is 17.4. The van der Waals surface area contributed by atoms with E-state index in [4.69, 9.17) is 5.73 Å². The fourth-order valence-electron chi connectivity index (χ4n) is 2.90. The number of rotatable bonds is 3. The van der Waals surface area contributed by atoms with Crippen molar-refractivity contribution in [2.75, 3.05) is 31.1 Å². The third kappa shape index (κ3) is 4.39. The largest absolute Gasteiger partial charge is 0.370 e. The third-order valence-corrected chi connectivity index (χ3v) is 4.50. The zero-order chi connectivity index (χ0) is 17.1. The molecule has 0 amide bonds. The van der Waals surface area contributed by atoms with Gasteiger partial charge in [-0.25, -0.2) is 15.0 Å². The van der Waals surface area contributed by atoms with Crippen LogP contribution in [-0.2, 0) is 13.6 Å². The molecule has 136 valence electrons. The van der Waals surface area contributed by atoms with Crippen LogP contribution in [0.1, 0.15) is 17.0 Å². The van der Waals surface area contributed by atoms with E-state index in [1.165, 1.54) is 0 Å². The number of hydrogen-bond donors (Lipinski definition) is 1. The van der Waals surface area contributed by atoms with Crippen molar-refractivity contribution in [3.8, 4) is 0 Å². The van der Waals surface area contributed by atoms with Crippen molar-refractivity contribution >= 4 is 35.9 Å². The van der Waals surface area contributed by atoms with Crippen LogP contribution in [0.5, 0.6) is 0 Å². The van der Waals surface area contributed by atoms with Crippen molar-refractivity contribution in [2.24, 2.45) is 17.8 Å². The average molecular weight is 456 g/mol. The van der Waals surface area contributed by atoms with Crippen molar-refractivity contribution in [1.82, 2.24) is 24.6 Å². The van der Waals surface area contributed by atoms with Crippen LogP contribution in [0.4, 0.5) is 5.95 Å². The van der Waals surface area contributed by atoms with E-state index in [0.29, 0.717) is 12.5 Å². The molecule has 3 heterocycles. The Bertz CT molecular complexity index is 719. The van der Waals surface area contributed by atoms with Crippen LogP contribution in [0.2, 0.25) is 0 Å². The fourth-order valence-corrected chi connectivity index (χ4v) is 2.90. The van der Waals surface area contributed by atoms with E-state index in [-0.39, 0.29) is 24.0 Å². The van der Waals surface area contributed by atoms with Gasteiger partial charge in [0.25, 0.3) is 0 Å². The molecule has 1 saturated heterocycles. The molecule has 0 aliphatic carbocycles. The van der Waals surface area contributed by atoms with E-state index in [2.05, 4.69) is 36.8 Å². The van der Waals surface area contributed by atoms with Gasteiger partial charge in [0.1, 0.15) is 0 Å². The molecule has 2 aromatic rings. The van der Waals surface area contributed by atoms with E-state index >= 15 is 0 Å². The second-order valence-corrected chi connectivity index (χ2v) is 5.97. The Morgan fingerprint density at radius 2 is 1.80 bits per heavy atom. The lowest BCUT2D eigenvalue weighted by Gasteiger charge is -2.35. The average Bonchev–Trinajstić information content (AvgIpc) is 2.86. The molecule has 1 aliphatic rings. The van der Waals surface area contributed by atoms with Gasteiger partial charge >= 0.3 is 0 Å². The standard InChI is InChI=1S/C16H24N8.HI/c1-12-14(13(2)22(3)21-12)11-20-15(17)23-7-9-24(10-8-23)16-18-5-4-6-19-16;/h4-6H,7-11H2,1-3H3,(H2,17,20);1H. The van der Waals surface area contributed by atoms with Gasteiger partial charge in [0.15, 0.2) is 5.96 Å². The summed E-state index contributed by atoms with van der Waals surface area (Å²) in [6.45, 7) is 7.94. The van der Waals surface area contributed by atoms with Gasteiger partial charge in [0.2, 0.25) is 5.95 Å². The van der Waals surface area contributed by atoms with Crippen molar-refractivity contribution < 1.29 is 0 Å². The Kier molecular flexibility index (Phi) is 6.57. The lowest BCUT2D eigenvalue weighted by Crippen LogP contribution is -2.51. The molecule has 3 rings (SSSR count). The molecule has 0 unspecified atom stereocenters. The first-order valence-electron chi connectivity index (χ1n) is 8.12. The van der Waals surface area contributed by atoms with Crippen molar-refractivity contribution in [1.29, 1.82) is 0 Å². The topological polar surface area (TPSA) is 88.5 Å². The lowest BCUT2D eigenvalue weighted by molar-refractivity contribution is 0.378.